The van der Waals surface area contributed by atoms with Crippen molar-refractivity contribution in [3.63, 3.8) is 0 Å². The Morgan fingerprint density at radius 3 is 2.10 bits per heavy atom. The number of rotatable bonds is 7. The van der Waals surface area contributed by atoms with Gasteiger partial charge in [0.2, 0.25) is 5.91 Å². The number of nitrogens with zero attached hydrogens (tertiary/aromatic N) is 2. The maximum absolute atomic E-state index is 15.0. The van der Waals surface area contributed by atoms with Crippen LogP contribution < -0.4 is 0 Å². The van der Waals surface area contributed by atoms with Gasteiger partial charge in [0.25, 0.3) is 0 Å². The number of fused-ring (bicyclic) bond motifs is 7. The molecule has 7 heteroatoms. The van der Waals surface area contributed by atoms with E-state index < -0.39 is 49.0 Å². The first-order chi connectivity index (χ1) is 25.8. The molecule has 1 heterocycles. The van der Waals surface area contributed by atoms with Crippen molar-refractivity contribution in [2.24, 2.45) is 67.5 Å². The summed E-state index contributed by atoms with van der Waals surface area (Å²) in [6.07, 6.45) is 10.6. The monoisotopic (exact) mass is 701 g/mol. The zero-order chi connectivity index (χ0) is 41.3. The third-order valence-electron chi connectivity index (χ3n) is 17.9. The predicted octanol–water partition coefficient (Wildman–Crippen LogP) is 8.44. The maximum atomic E-state index is 15.0. The molecule has 7 aliphatic rings. The summed E-state index contributed by atoms with van der Waals surface area (Å²) in [6, 6.07) is 0. The molecule has 10 atom stereocenters. The topological polar surface area (TPSA) is 87.2 Å². The zero-order valence-electron chi connectivity index (χ0n) is 38.2. The van der Waals surface area contributed by atoms with Crippen molar-refractivity contribution >= 4 is 17.8 Å². The maximum Gasteiger partial charge on any atom is 0.309 e. The van der Waals surface area contributed by atoms with Crippen LogP contribution in [0.3, 0.4) is 0 Å². The molecular weight excluding hydrogens is 624 g/mol. The molecule has 0 bridgehead atoms. The Kier molecular flexibility index (Phi) is 7.11. The van der Waals surface area contributed by atoms with Crippen LogP contribution in [0.5, 0.6) is 0 Å². The number of aliphatic carboxylic acids is 1. The summed E-state index contributed by atoms with van der Waals surface area (Å²) in [7, 11) is 0. The fourth-order valence-corrected chi connectivity index (χ4v) is 14.6. The average molecular weight is 701 g/mol. The lowest BCUT2D eigenvalue weighted by molar-refractivity contribution is -0.251. The fraction of sp³-hybridized carbons (Fsp3) is 0.930. The van der Waals surface area contributed by atoms with E-state index in [-0.39, 0.29) is 27.6 Å². The predicted molar refractivity (Wildman–Crippen MR) is 196 cm³/mol. The Morgan fingerprint density at radius 2 is 1.48 bits per heavy atom. The number of carbonyl (C=O) groups is 3. The molecule has 1 amide bonds. The van der Waals surface area contributed by atoms with Gasteiger partial charge in [-0.3, -0.25) is 14.4 Å². The number of esters is 1. The molecule has 0 aromatic carbocycles. The minimum atomic E-state index is -3.45. The number of hydrogen-bond acceptors (Lipinski definition) is 5. The third-order valence-corrected chi connectivity index (χ3v) is 17.9. The van der Waals surface area contributed by atoms with Crippen LogP contribution in [0.15, 0.2) is 0 Å². The summed E-state index contributed by atoms with van der Waals surface area (Å²) in [5.74, 6) is -0.513. The minimum absolute atomic E-state index is 0.0452. The van der Waals surface area contributed by atoms with Crippen molar-refractivity contribution in [3.05, 3.63) is 0 Å². The van der Waals surface area contributed by atoms with Crippen molar-refractivity contribution < 1.29 is 32.5 Å². The van der Waals surface area contributed by atoms with E-state index in [1.165, 1.54) is 19.3 Å². The number of carboxylic acid groups (broad SMARTS) is 1. The van der Waals surface area contributed by atoms with Crippen molar-refractivity contribution in [1.29, 1.82) is 0 Å². The molecule has 7 fully saturated rings. The summed E-state index contributed by atoms with van der Waals surface area (Å²) in [5.41, 5.74) is -3.54. The molecular formula is C43H70N2O5. The fourth-order valence-electron chi connectivity index (χ4n) is 14.6. The normalized spacial score (nSPS) is 47.3. The van der Waals surface area contributed by atoms with Crippen LogP contribution in [-0.2, 0) is 19.1 Å². The average Bonchev–Trinajstić information content (AvgIpc) is 3.72. The van der Waals surface area contributed by atoms with Crippen LogP contribution in [0.2, 0.25) is 0 Å². The highest BCUT2D eigenvalue weighted by Crippen LogP contribution is 2.79. The molecule has 1 N–H and O–H groups in total. The molecule has 282 valence electrons. The van der Waals surface area contributed by atoms with Crippen molar-refractivity contribution in [2.45, 2.75) is 152 Å². The first kappa shape index (κ1) is 29.8. The largest absolute Gasteiger partial charge is 0.481 e. The SMILES string of the molecule is [2H]C([2H])([2H])C(CC(=O)O[C@H]1CC[C@]2(C)[C@H]3CC[C@@H]4[C@H]5[C@H](C6(C)CC6)CC[C@]5(C(=O)N5CCN(CC)CC5)CC[C@@]4(C)[C@]3(C)CC[C@H]2C1(C)C)(C(=O)O)C([2H])([2H])[2H]. The van der Waals surface area contributed by atoms with Crippen LogP contribution in [0.4, 0.5) is 0 Å². The Hall–Kier alpha value is -1.63. The van der Waals surface area contributed by atoms with Crippen molar-refractivity contribution in [3.8, 4) is 0 Å². The lowest BCUT2D eigenvalue weighted by Gasteiger charge is -2.73. The van der Waals surface area contributed by atoms with Crippen LogP contribution in [0.25, 0.3) is 0 Å². The number of likely N-dealkylation sites (N-methyl/N-ethyl adjacent to an activating group) is 1. The third kappa shape index (κ3) is 5.21. The van der Waals surface area contributed by atoms with Gasteiger partial charge in [0, 0.05) is 39.8 Å². The summed E-state index contributed by atoms with van der Waals surface area (Å²) in [6.45, 7) is 14.4. The molecule has 0 aromatic rings. The van der Waals surface area contributed by atoms with E-state index in [4.69, 9.17) is 13.0 Å². The number of carbonyl (C=O) groups excluding carboxylic acids is 2. The number of carboxylic acids is 1. The minimum Gasteiger partial charge on any atom is -0.481 e. The highest BCUT2D eigenvalue weighted by molar-refractivity contribution is 5.84. The molecule has 0 aromatic heterocycles. The lowest BCUT2D eigenvalue weighted by Crippen LogP contribution is -2.68. The Labute approximate surface area is 311 Å². The van der Waals surface area contributed by atoms with E-state index in [1.807, 2.05) is 0 Å². The summed E-state index contributed by atoms with van der Waals surface area (Å²) in [4.78, 5) is 45.5. The van der Waals surface area contributed by atoms with E-state index in [1.54, 1.807) is 0 Å². The summed E-state index contributed by atoms with van der Waals surface area (Å²) >= 11 is 0. The number of amides is 1. The van der Waals surface area contributed by atoms with Gasteiger partial charge in [-0.25, -0.2) is 0 Å². The van der Waals surface area contributed by atoms with Gasteiger partial charge in [-0.2, -0.15) is 0 Å². The van der Waals surface area contributed by atoms with E-state index >= 15 is 0 Å². The van der Waals surface area contributed by atoms with Crippen LogP contribution in [0.1, 0.15) is 154 Å². The van der Waals surface area contributed by atoms with Crippen molar-refractivity contribution in [2.75, 3.05) is 32.7 Å². The Morgan fingerprint density at radius 1 is 0.780 bits per heavy atom. The van der Waals surface area contributed by atoms with Gasteiger partial charge >= 0.3 is 11.9 Å². The molecule has 6 aliphatic carbocycles. The molecule has 7 nitrogen and oxygen atoms in total. The van der Waals surface area contributed by atoms with Gasteiger partial charge < -0.3 is 19.6 Å². The van der Waals surface area contributed by atoms with Crippen LogP contribution in [-0.4, -0.2) is 71.6 Å². The van der Waals surface area contributed by atoms with E-state index in [2.05, 4.69) is 58.3 Å². The second-order valence-corrected chi connectivity index (χ2v) is 20.1. The molecule has 1 aliphatic heterocycles. The van der Waals surface area contributed by atoms with E-state index in [0.717, 1.165) is 84.1 Å². The first-order valence-corrected chi connectivity index (χ1v) is 20.2. The molecule has 0 spiro atoms. The molecule has 7 rings (SSSR count). The number of hydrogen-bond donors (Lipinski definition) is 1. The number of piperazine rings is 1. The quantitative estimate of drug-likeness (QED) is 0.268. The Balaban J connectivity index is 1.14. The summed E-state index contributed by atoms with van der Waals surface area (Å²) in [5, 5.41) is 9.96. The first-order valence-electron chi connectivity index (χ1n) is 23.2. The standard InChI is InChI=1S/C43H70N2O5/c1-10-44-23-25-45(26-24-44)35(47)43-18-13-28(39(6)19-20-39)34(43)29-11-12-31-40(7)16-15-32(50-33(46)27-37(2,3)36(48)49)38(4,5)30(40)14-17-42(31,9)41(29,8)21-22-43/h28-32,34H,10-27H2,1-9H3,(H,48,49)/t28-,29-,30+,31-,32+,34-,40+,41-,42-,43+/m1/s1/i2D3,3D3. The smallest absolute Gasteiger partial charge is 0.309 e. The summed E-state index contributed by atoms with van der Waals surface area (Å²) < 4.78 is 53.3. The molecule has 1 saturated heterocycles. The van der Waals surface area contributed by atoms with Gasteiger partial charge in [0.1, 0.15) is 6.10 Å². The number of ether oxygens (including phenoxy) is 1. The van der Waals surface area contributed by atoms with E-state index in [0.29, 0.717) is 41.4 Å². The van der Waals surface area contributed by atoms with E-state index in [9.17, 15) is 19.5 Å². The second kappa shape index (κ2) is 11.9. The highest BCUT2D eigenvalue weighted by atomic mass is 16.5. The molecule has 6 saturated carbocycles. The van der Waals surface area contributed by atoms with Crippen LogP contribution >= 0.6 is 0 Å². The lowest BCUT2D eigenvalue weighted by atomic mass is 9.32. The highest BCUT2D eigenvalue weighted by Gasteiger charge is 2.73. The van der Waals surface area contributed by atoms with Gasteiger partial charge in [0.15, 0.2) is 0 Å². The Bertz CT molecular complexity index is 1570. The van der Waals surface area contributed by atoms with Gasteiger partial charge in [-0.15, -0.1) is 0 Å². The van der Waals surface area contributed by atoms with Gasteiger partial charge in [-0.05, 0) is 149 Å². The molecule has 0 unspecified atom stereocenters. The molecule has 0 radical (unpaired) electrons. The van der Waals surface area contributed by atoms with Gasteiger partial charge in [-0.1, -0.05) is 48.5 Å². The molecule has 50 heavy (non-hydrogen) atoms. The zero-order valence-corrected chi connectivity index (χ0v) is 32.2. The van der Waals surface area contributed by atoms with Gasteiger partial charge in [0.05, 0.1) is 17.3 Å². The second-order valence-electron chi connectivity index (χ2n) is 20.1. The van der Waals surface area contributed by atoms with Crippen molar-refractivity contribution in [1.82, 2.24) is 9.80 Å². The van der Waals surface area contributed by atoms with Crippen LogP contribution in [0, 0.1) is 67.5 Å².